The van der Waals surface area contributed by atoms with Crippen LogP contribution in [0, 0.1) is 0 Å². The zero-order valence-electron chi connectivity index (χ0n) is 16.8. The molecule has 0 amide bonds. The molecule has 3 aromatic heterocycles. The van der Waals surface area contributed by atoms with Crippen LogP contribution in [0.3, 0.4) is 0 Å². The number of fused-ring (bicyclic) bond motifs is 1. The van der Waals surface area contributed by atoms with Crippen molar-refractivity contribution in [1.82, 2.24) is 29.5 Å². The minimum absolute atomic E-state index is 0.222. The van der Waals surface area contributed by atoms with Crippen molar-refractivity contribution >= 4 is 17.0 Å². The molecular weight excluding hydrogens is 407 g/mol. The second-order valence-corrected chi connectivity index (χ2v) is 7.73. The van der Waals surface area contributed by atoms with Crippen molar-refractivity contribution in [2.24, 2.45) is 7.05 Å². The third kappa shape index (κ3) is 3.62. The highest BCUT2D eigenvalue weighted by molar-refractivity contribution is 5.82. The van der Waals surface area contributed by atoms with Gasteiger partial charge in [0.2, 0.25) is 0 Å². The van der Waals surface area contributed by atoms with Crippen LogP contribution >= 0.6 is 0 Å². The summed E-state index contributed by atoms with van der Waals surface area (Å²) in [5.74, 6) is 1.95. The van der Waals surface area contributed by atoms with Gasteiger partial charge in [-0.15, -0.1) is 0 Å². The van der Waals surface area contributed by atoms with Crippen LogP contribution in [0.15, 0.2) is 43.1 Å². The number of hydrogen-bond acceptors (Lipinski definition) is 5. The largest absolute Gasteiger partial charge is 0.416 e. The van der Waals surface area contributed by atoms with Gasteiger partial charge in [0.05, 0.1) is 17.6 Å². The third-order valence-electron chi connectivity index (χ3n) is 5.76. The maximum Gasteiger partial charge on any atom is 0.416 e. The molecule has 0 unspecified atom stereocenters. The summed E-state index contributed by atoms with van der Waals surface area (Å²) in [5.41, 5.74) is 1.82. The number of aromatic nitrogens is 6. The number of nitrogens with one attached hydrogen (secondary N) is 1. The second-order valence-electron chi connectivity index (χ2n) is 7.73. The first-order valence-corrected chi connectivity index (χ1v) is 10.00. The lowest BCUT2D eigenvalue weighted by atomic mass is 9.96. The lowest BCUT2D eigenvalue weighted by Crippen LogP contribution is -2.34. The van der Waals surface area contributed by atoms with Crippen molar-refractivity contribution in [2.45, 2.75) is 24.9 Å². The number of benzene rings is 1. The lowest BCUT2D eigenvalue weighted by Gasteiger charge is -2.32. The van der Waals surface area contributed by atoms with Gasteiger partial charge in [-0.1, -0.05) is 12.1 Å². The van der Waals surface area contributed by atoms with E-state index >= 15 is 0 Å². The Morgan fingerprint density at radius 3 is 2.68 bits per heavy atom. The molecule has 1 aromatic carbocycles. The average Bonchev–Trinajstić information content (AvgIpc) is 3.40. The van der Waals surface area contributed by atoms with Gasteiger partial charge in [0.1, 0.15) is 17.7 Å². The van der Waals surface area contributed by atoms with E-state index in [1.807, 2.05) is 11.6 Å². The Hall–Kier alpha value is -3.43. The number of nitrogens with zero attached hydrogens (tertiary/aromatic N) is 6. The molecule has 0 spiro atoms. The molecule has 4 aromatic rings. The van der Waals surface area contributed by atoms with Crippen molar-refractivity contribution in [2.75, 3.05) is 18.0 Å². The molecule has 7 nitrogen and oxygen atoms in total. The summed E-state index contributed by atoms with van der Waals surface area (Å²) in [6.45, 7) is 1.59. The molecule has 5 rings (SSSR count). The molecule has 1 fully saturated rings. The standard InChI is InChI=1S/C21H20F3N7/c1-30-10-16(14-3-2-4-15(9-14)21(22,23)24)29-19(30)13-5-7-31(8-6-13)20-17-18(26-11-25-17)27-12-28-20/h2-4,9-13H,5-8H2,1H3,(H,25,26,27,28). The molecule has 0 saturated carbocycles. The molecule has 4 heterocycles. The van der Waals surface area contributed by atoms with Crippen LogP contribution in [0.1, 0.15) is 30.1 Å². The van der Waals surface area contributed by atoms with Gasteiger partial charge in [0.25, 0.3) is 0 Å². The van der Waals surface area contributed by atoms with Gasteiger partial charge in [-0.25, -0.2) is 19.9 Å². The SMILES string of the molecule is Cn1cc(-c2cccc(C(F)(F)F)c2)nc1C1CCN(c2ncnc3nc[nH]c23)CC1. The van der Waals surface area contributed by atoms with E-state index in [0.717, 1.165) is 55.2 Å². The fourth-order valence-corrected chi connectivity index (χ4v) is 4.20. The topological polar surface area (TPSA) is 75.5 Å². The zero-order valence-corrected chi connectivity index (χ0v) is 16.8. The normalized spacial score (nSPS) is 15.7. The summed E-state index contributed by atoms with van der Waals surface area (Å²) in [5, 5.41) is 0. The van der Waals surface area contributed by atoms with Gasteiger partial charge in [0.15, 0.2) is 11.5 Å². The number of alkyl halides is 3. The number of halogens is 3. The van der Waals surface area contributed by atoms with Crippen LogP contribution in [-0.4, -0.2) is 42.6 Å². The summed E-state index contributed by atoms with van der Waals surface area (Å²) in [6, 6.07) is 5.31. The van der Waals surface area contributed by atoms with Crippen molar-refractivity contribution in [1.29, 1.82) is 0 Å². The van der Waals surface area contributed by atoms with Crippen LogP contribution < -0.4 is 4.90 Å². The Morgan fingerprint density at radius 2 is 1.90 bits per heavy atom. The van der Waals surface area contributed by atoms with E-state index in [4.69, 9.17) is 4.98 Å². The molecule has 0 aliphatic carbocycles. The summed E-state index contributed by atoms with van der Waals surface area (Å²) in [7, 11) is 1.89. The molecule has 0 radical (unpaired) electrons. The summed E-state index contributed by atoms with van der Waals surface area (Å²) in [4.78, 5) is 22.8. The summed E-state index contributed by atoms with van der Waals surface area (Å²) >= 11 is 0. The maximum atomic E-state index is 13.1. The van der Waals surface area contributed by atoms with Gasteiger partial charge in [-0.2, -0.15) is 13.2 Å². The lowest BCUT2D eigenvalue weighted by molar-refractivity contribution is -0.137. The number of imidazole rings is 2. The van der Waals surface area contributed by atoms with E-state index in [1.54, 1.807) is 18.6 Å². The number of aromatic amines is 1. The highest BCUT2D eigenvalue weighted by Gasteiger charge is 2.31. The highest BCUT2D eigenvalue weighted by atomic mass is 19.4. The fourth-order valence-electron chi connectivity index (χ4n) is 4.20. The molecule has 160 valence electrons. The number of H-pyrrole nitrogens is 1. The van der Waals surface area contributed by atoms with Crippen molar-refractivity contribution in [3.8, 4) is 11.3 Å². The van der Waals surface area contributed by atoms with Crippen molar-refractivity contribution in [3.05, 3.63) is 54.5 Å². The van der Waals surface area contributed by atoms with Crippen molar-refractivity contribution in [3.63, 3.8) is 0 Å². The Kier molecular flexibility index (Phi) is 4.64. The van der Waals surface area contributed by atoms with Gasteiger partial charge >= 0.3 is 6.18 Å². The average molecular weight is 427 g/mol. The molecule has 31 heavy (non-hydrogen) atoms. The summed E-state index contributed by atoms with van der Waals surface area (Å²) < 4.78 is 41.1. The molecule has 1 saturated heterocycles. The first kappa shape index (κ1) is 19.5. The molecule has 0 atom stereocenters. The van der Waals surface area contributed by atoms with E-state index in [0.29, 0.717) is 16.9 Å². The maximum absolute atomic E-state index is 13.1. The van der Waals surface area contributed by atoms with Crippen LogP contribution in [-0.2, 0) is 13.2 Å². The second kappa shape index (κ2) is 7.36. The first-order valence-electron chi connectivity index (χ1n) is 10.00. The number of anilines is 1. The van der Waals surface area contributed by atoms with Gasteiger partial charge in [-0.3, -0.25) is 0 Å². The number of aryl methyl sites for hydroxylation is 1. The molecule has 10 heteroatoms. The van der Waals surface area contributed by atoms with E-state index in [-0.39, 0.29) is 5.92 Å². The predicted molar refractivity (Wildman–Crippen MR) is 110 cm³/mol. The predicted octanol–water partition coefficient (Wildman–Crippen LogP) is 4.16. The van der Waals surface area contributed by atoms with E-state index in [9.17, 15) is 13.2 Å². The Labute approximate surface area is 176 Å². The fraction of sp³-hybridized carbons (Fsp3) is 0.333. The van der Waals surface area contributed by atoms with E-state index < -0.39 is 11.7 Å². The Morgan fingerprint density at radius 1 is 1.10 bits per heavy atom. The Balaban J connectivity index is 1.35. The van der Waals surface area contributed by atoms with E-state index in [1.165, 1.54) is 12.4 Å². The highest BCUT2D eigenvalue weighted by Crippen LogP contribution is 2.34. The molecule has 1 aliphatic rings. The van der Waals surface area contributed by atoms with Gasteiger partial charge in [0, 0.05) is 37.8 Å². The van der Waals surface area contributed by atoms with Crippen LogP contribution in [0.25, 0.3) is 22.4 Å². The minimum Gasteiger partial charge on any atom is -0.355 e. The molecule has 1 N–H and O–H groups in total. The smallest absolute Gasteiger partial charge is 0.355 e. The van der Waals surface area contributed by atoms with Gasteiger partial charge in [-0.05, 0) is 25.0 Å². The monoisotopic (exact) mass is 427 g/mol. The summed E-state index contributed by atoms with van der Waals surface area (Å²) in [6.07, 6.45) is 2.29. The van der Waals surface area contributed by atoms with Crippen LogP contribution in [0.2, 0.25) is 0 Å². The number of hydrogen-bond donors (Lipinski definition) is 1. The molecule has 0 bridgehead atoms. The minimum atomic E-state index is -4.37. The quantitative estimate of drug-likeness (QED) is 0.532. The third-order valence-corrected chi connectivity index (χ3v) is 5.76. The van der Waals surface area contributed by atoms with Gasteiger partial charge < -0.3 is 14.5 Å². The zero-order chi connectivity index (χ0) is 21.6. The van der Waals surface area contributed by atoms with Crippen molar-refractivity contribution < 1.29 is 13.2 Å². The Bertz CT molecular complexity index is 1220. The number of rotatable bonds is 3. The number of piperidine rings is 1. The first-order chi connectivity index (χ1) is 14.9. The molecular formula is C21H20F3N7. The van der Waals surface area contributed by atoms with Crippen LogP contribution in [0.4, 0.5) is 19.0 Å². The van der Waals surface area contributed by atoms with Crippen LogP contribution in [0.5, 0.6) is 0 Å². The molecule has 1 aliphatic heterocycles. The van der Waals surface area contributed by atoms with E-state index in [2.05, 4.69) is 24.8 Å².